The van der Waals surface area contributed by atoms with E-state index in [0.29, 0.717) is 24.7 Å². The molecule has 2 heterocycles. The molecule has 1 aliphatic rings. The van der Waals surface area contributed by atoms with E-state index in [4.69, 9.17) is 0 Å². The fourth-order valence-corrected chi connectivity index (χ4v) is 2.34. The van der Waals surface area contributed by atoms with Gasteiger partial charge in [0.1, 0.15) is 11.6 Å². The molecule has 4 heteroatoms. The highest BCUT2D eigenvalue weighted by atomic mass is 16.1. The molecule has 0 aromatic carbocycles. The summed E-state index contributed by atoms with van der Waals surface area (Å²) in [5.74, 6) is 1.17. The quantitative estimate of drug-likeness (QED) is 0.840. The number of nitrogens with one attached hydrogen (secondary N) is 1. The predicted molar refractivity (Wildman–Crippen MR) is 66.8 cm³/mol. The van der Waals surface area contributed by atoms with E-state index in [0.717, 1.165) is 18.8 Å². The van der Waals surface area contributed by atoms with Crippen molar-refractivity contribution in [3.63, 3.8) is 0 Å². The summed E-state index contributed by atoms with van der Waals surface area (Å²) >= 11 is 0. The third kappa shape index (κ3) is 3.66. The molecular weight excluding hydrogens is 214 g/mol. The van der Waals surface area contributed by atoms with E-state index in [1.54, 1.807) is 6.20 Å². The highest BCUT2D eigenvalue weighted by Crippen LogP contribution is 2.12. The number of nitrogens with zero attached hydrogens (tertiary/aromatic N) is 2. The molecule has 1 aromatic heterocycles. The Labute approximate surface area is 102 Å². The standard InChI is InChI=1S/C13H21N3O/c1-16-9-8-15-13(16)10-12(17)6-5-11-4-2-3-7-14-11/h8-9,11,14H,2-7,10H2,1H3. The second kappa shape index (κ2) is 5.96. The minimum atomic E-state index is 0.298. The first-order chi connectivity index (χ1) is 8.25. The van der Waals surface area contributed by atoms with Crippen LogP contribution in [0, 0.1) is 0 Å². The van der Waals surface area contributed by atoms with Gasteiger partial charge in [0, 0.05) is 31.9 Å². The Morgan fingerprint density at radius 2 is 2.47 bits per heavy atom. The highest BCUT2D eigenvalue weighted by Gasteiger charge is 2.14. The molecule has 1 aliphatic heterocycles. The third-order valence-electron chi connectivity index (χ3n) is 3.46. The van der Waals surface area contributed by atoms with Gasteiger partial charge >= 0.3 is 0 Å². The Kier molecular flexibility index (Phi) is 4.31. The Balaban J connectivity index is 1.72. The Morgan fingerprint density at radius 3 is 3.12 bits per heavy atom. The van der Waals surface area contributed by atoms with E-state index in [-0.39, 0.29) is 0 Å². The number of aromatic nitrogens is 2. The molecule has 1 fully saturated rings. The van der Waals surface area contributed by atoms with Crippen LogP contribution in [0.25, 0.3) is 0 Å². The number of carbonyl (C=O) groups excluding carboxylic acids is 1. The number of aryl methyl sites for hydroxylation is 1. The van der Waals surface area contributed by atoms with Crippen LogP contribution in [-0.4, -0.2) is 27.9 Å². The second-order valence-electron chi connectivity index (χ2n) is 4.86. The van der Waals surface area contributed by atoms with Crippen LogP contribution in [0.4, 0.5) is 0 Å². The van der Waals surface area contributed by atoms with Gasteiger partial charge in [-0.3, -0.25) is 4.79 Å². The molecule has 94 valence electrons. The number of imidazole rings is 1. The lowest BCUT2D eigenvalue weighted by atomic mass is 9.99. The minimum Gasteiger partial charge on any atom is -0.338 e. The summed E-state index contributed by atoms with van der Waals surface area (Å²) in [6.07, 6.45) is 9.53. The summed E-state index contributed by atoms with van der Waals surface area (Å²) in [4.78, 5) is 16.0. The Hall–Kier alpha value is -1.16. The van der Waals surface area contributed by atoms with Gasteiger partial charge in [-0.2, -0.15) is 0 Å². The predicted octanol–water partition coefficient (Wildman–Crippen LogP) is 1.45. The van der Waals surface area contributed by atoms with Crippen molar-refractivity contribution < 1.29 is 4.79 Å². The summed E-state index contributed by atoms with van der Waals surface area (Å²) < 4.78 is 1.91. The summed E-state index contributed by atoms with van der Waals surface area (Å²) in [5.41, 5.74) is 0. The lowest BCUT2D eigenvalue weighted by Gasteiger charge is -2.22. The molecule has 1 atom stereocenters. The molecule has 0 aliphatic carbocycles. The molecule has 1 N–H and O–H groups in total. The zero-order chi connectivity index (χ0) is 12.1. The fourth-order valence-electron chi connectivity index (χ4n) is 2.34. The van der Waals surface area contributed by atoms with Crippen LogP contribution < -0.4 is 5.32 Å². The first-order valence-corrected chi connectivity index (χ1v) is 6.47. The van der Waals surface area contributed by atoms with Gasteiger partial charge in [-0.1, -0.05) is 6.42 Å². The van der Waals surface area contributed by atoms with E-state index in [1.165, 1.54) is 19.3 Å². The maximum atomic E-state index is 11.8. The molecular formula is C13H21N3O. The molecule has 4 nitrogen and oxygen atoms in total. The smallest absolute Gasteiger partial charge is 0.140 e. The largest absolute Gasteiger partial charge is 0.338 e. The van der Waals surface area contributed by atoms with Crippen molar-refractivity contribution in [3.05, 3.63) is 18.2 Å². The van der Waals surface area contributed by atoms with Gasteiger partial charge in [0.05, 0.1) is 6.42 Å². The highest BCUT2D eigenvalue weighted by molar-refractivity contribution is 5.80. The number of carbonyl (C=O) groups is 1. The third-order valence-corrected chi connectivity index (χ3v) is 3.46. The Morgan fingerprint density at radius 1 is 1.59 bits per heavy atom. The summed E-state index contributed by atoms with van der Waals surface area (Å²) in [5, 5.41) is 3.47. The van der Waals surface area contributed by atoms with E-state index in [1.807, 2.05) is 17.8 Å². The molecule has 1 aromatic rings. The van der Waals surface area contributed by atoms with Crippen molar-refractivity contribution in [2.24, 2.45) is 7.05 Å². The number of hydrogen-bond donors (Lipinski definition) is 1. The van der Waals surface area contributed by atoms with Gasteiger partial charge in [-0.25, -0.2) is 4.98 Å². The van der Waals surface area contributed by atoms with Crippen LogP contribution in [0.5, 0.6) is 0 Å². The zero-order valence-corrected chi connectivity index (χ0v) is 10.5. The van der Waals surface area contributed by atoms with Gasteiger partial charge in [-0.05, 0) is 25.8 Å². The molecule has 1 unspecified atom stereocenters. The normalized spacial score (nSPS) is 20.4. The maximum Gasteiger partial charge on any atom is 0.140 e. The summed E-state index contributed by atoms with van der Waals surface area (Å²) in [7, 11) is 1.93. The second-order valence-corrected chi connectivity index (χ2v) is 4.86. The number of rotatable bonds is 5. The fraction of sp³-hybridized carbons (Fsp3) is 0.692. The van der Waals surface area contributed by atoms with Crippen LogP contribution in [0.1, 0.15) is 37.9 Å². The maximum absolute atomic E-state index is 11.8. The van der Waals surface area contributed by atoms with E-state index in [2.05, 4.69) is 10.3 Å². The van der Waals surface area contributed by atoms with Gasteiger partial charge in [0.2, 0.25) is 0 Å². The van der Waals surface area contributed by atoms with E-state index < -0.39 is 0 Å². The van der Waals surface area contributed by atoms with Gasteiger partial charge < -0.3 is 9.88 Å². The SMILES string of the molecule is Cn1ccnc1CC(=O)CCC1CCCCN1. The van der Waals surface area contributed by atoms with E-state index in [9.17, 15) is 4.79 Å². The number of hydrogen-bond acceptors (Lipinski definition) is 3. The lowest BCUT2D eigenvalue weighted by molar-refractivity contribution is -0.118. The van der Waals surface area contributed by atoms with Gasteiger partial charge in [0.15, 0.2) is 0 Å². The molecule has 0 radical (unpaired) electrons. The molecule has 0 amide bonds. The molecule has 17 heavy (non-hydrogen) atoms. The summed E-state index contributed by atoms with van der Waals surface area (Å²) in [6.45, 7) is 1.11. The average Bonchev–Trinajstić information content (AvgIpc) is 2.74. The summed E-state index contributed by atoms with van der Waals surface area (Å²) in [6, 6.07) is 0.550. The van der Waals surface area contributed by atoms with Crippen molar-refractivity contribution in [1.82, 2.24) is 14.9 Å². The van der Waals surface area contributed by atoms with Crippen molar-refractivity contribution in [3.8, 4) is 0 Å². The van der Waals surface area contributed by atoms with Crippen molar-refractivity contribution in [2.75, 3.05) is 6.54 Å². The monoisotopic (exact) mass is 235 g/mol. The number of ketones is 1. The topological polar surface area (TPSA) is 46.9 Å². The molecule has 0 saturated carbocycles. The van der Waals surface area contributed by atoms with Crippen molar-refractivity contribution >= 4 is 5.78 Å². The first kappa shape index (κ1) is 12.3. The van der Waals surface area contributed by atoms with Crippen molar-refractivity contribution in [1.29, 1.82) is 0 Å². The zero-order valence-electron chi connectivity index (χ0n) is 10.5. The van der Waals surface area contributed by atoms with Crippen LogP contribution in [-0.2, 0) is 18.3 Å². The molecule has 2 rings (SSSR count). The first-order valence-electron chi connectivity index (χ1n) is 6.47. The van der Waals surface area contributed by atoms with Gasteiger partial charge in [-0.15, -0.1) is 0 Å². The number of Topliss-reactive ketones (excluding diaryl/α,β-unsaturated/α-hetero) is 1. The van der Waals surface area contributed by atoms with Crippen LogP contribution >= 0.6 is 0 Å². The average molecular weight is 235 g/mol. The van der Waals surface area contributed by atoms with Crippen LogP contribution in [0.3, 0.4) is 0 Å². The molecule has 0 bridgehead atoms. The Bertz CT molecular complexity index is 366. The van der Waals surface area contributed by atoms with Gasteiger partial charge in [0.25, 0.3) is 0 Å². The molecule has 1 saturated heterocycles. The van der Waals surface area contributed by atoms with Crippen LogP contribution in [0.15, 0.2) is 12.4 Å². The minimum absolute atomic E-state index is 0.298. The van der Waals surface area contributed by atoms with Crippen molar-refractivity contribution in [2.45, 2.75) is 44.6 Å². The van der Waals surface area contributed by atoms with E-state index >= 15 is 0 Å². The number of piperidine rings is 1. The molecule has 0 spiro atoms. The van der Waals surface area contributed by atoms with Crippen LogP contribution in [0.2, 0.25) is 0 Å². The lowest BCUT2D eigenvalue weighted by Crippen LogP contribution is -2.34.